The maximum atomic E-state index is 13.0. The molecule has 1 aromatic heterocycles. The summed E-state index contributed by atoms with van der Waals surface area (Å²) in [6.07, 6.45) is 1.52. The second-order valence-corrected chi connectivity index (χ2v) is 10.8. The molecule has 13 heteroatoms. The quantitative estimate of drug-likeness (QED) is 0.333. The van der Waals surface area contributed by atoms with Crippen molar-refractivity contribution in [3.8, 4) is 11.8 Å². The lowest BCUT2D eigenvalue weighted by atomic mass is 10.1. The number of para-hydroxylation sites is 2. The molecule has 0 saturated carbocycles. The summed E-state index contributed by atoms with van der Waals surface area (Å²) in [5.74, 6) is -0.170. The smallest absolute Gasteiger partial charge is 0.262 e. The molecule has 12 nitrogen and oxygen atoms in total. The van der Waals surface area contributed by atoms with Crippen molar-refractivity contribution in [2.24, 2.45) is 5.92 Å². The Labute approximate surface area is 250 Å². The van der Waals surface area contributed by atoms with Crippen LogP contribution in [-0.2, 0) is 14.4 Å². The largest absolute Gasteiger partial charge is 0.495 e. The first-order chi connectivity index (χ1) is 20.4. The van der Waals surface area contributed by atoms with Crippen molar-refractivity contribution < 1.29 is 19.1 Å². The molecule has 3 amide bonds. The van der Waals surface area contributed by atoms with Crippen LogP contribution in [0.25, 0.3) is 0 Å². The van der Waals surface area contributed by atoms with Gasteiger partial charge in [-0.15, -0.1) is 0 Å². The number of amides is 3. The first-order valence-corrected chi connectivity index (χ1v) is 14.7. The van der Waals surface area contributed by atoms with E-state index in [-0.39, 0.29) is 18.4 Å². The molecule has 2 aliphatic heterocycles. The van der Waals surface area contributed by atoms with Crippen molar-refractivity contribution in [1.82, 2.24) is 20.1 Å². The number of aromatic nitrogens is 1. The van der Waals surface area contributed by atoms with Gasteiger partial charge < -0.3 is 30.5 Å². The summed E-state index contributed by atoms with van der Waals surface area (Å²) in [6.45, 7) is 7.64. The summed E-state index contributed by atoms with van der Waals surface area (Å²) in [5.41, 5.74) is 1.05. The van der Waals surface area contributed by atoms with Crippen LogP contribution in [0.1, 0.15) is 13.8 Å². The summed E-state index contributed by atoms with van der Waals surface area (Å²) < 4.78 is 5.48. The van der Waals surface area contributed by atoms with E-state index in [1.807, 2.05) is 37.3 Å². The standard InChI is InChI=1S/C29H36N8O4S/c1-4-31-27(39)20(17-30)29-37(5-2)28(40)23(42-29)18-32-24-11-8-12-25(33-24)34-26(38)19-35-13-15-36(16-14-35)21-9-6-7-10-22(21)41-3/h6-12,18,20,29H,4-5,13-16,19H2,1-3H3,(H,31,39)(H2,32,33,34,38)/b23-18+. The summed E-state index contributed by atoms with van der Waals surface area (Å²) in [6, 6.07) is 15.1. The lowest BCUT2D eigenvalue weighted by Gasteiger charge is -2.36. The van der Waals surface area contributed by atoms with Crippen LogP contribution < -0.4 is 25.6 Å². The molecule has 2 fully saturated rings. The maximum Gasteiger partial charge on any atom is 0.262 e. The third kappa shape index (κ3) is 7.32. The normalized spacial score (nSPS) is 18.9. The van der Waals surface area contributed by atoms with Crippen LogP contribution in [0, 0.1) is 17.2 Å². The van der Waals surface area contributed by atoms with Crippen molar-refractivity contribution in [2.45, 2.75) is 19.2 Å². The maximum absolute atomic E-state index is 13.0. The Morgan fingerprint density at radius 3 is 2.57 bits per heavy atom. The number of methoxy groups -OCH3 is 1. The summed E-state index contributed by atoms with van der Waals surface area (Å²) in [4.78, 5) is 48.8. The first-order valence-electron chi connectivity index (χ1n) is 13.9. The number of hydrogen-bond acceptors (Lipinski definition) is 10. The number of nitriles is 1. The predicted molar refractivity (Wildman–Crippen MR) is 163 cm³/mol. The van der Waals surface area contributed by atoms with Crippen molar-refractivity contribution >= 4 is 46.8 Å². The van der Waals surface area contributed by atoms with Crippen molar-refractivity contribution in [3.05, 3.63) is 53.6 Å². The molecule has 2 unspecified atom stereocenters. The van der Waals surface area contributed by atoms with Gasteiger partial charge >= 0.3 is 0 Å². The molecule has 222 valence electrons. The number of ether oxygens (including phenoxy) is 1. The van der Waals surface area contributed by atoms with Crippen molar-refractivity contribution in [3.63, 3.8) is 0 Å². The molecule has 3 N–H and O–H groups in total. The van der Waals surface area contributed by atoms with E-state index in [4.69, 9.17) is 4.74 Å². The topological polar surface area (TPSA) is 143 Å². The zero-order valence-corrected chi connectivity index (χ0v) is 24.8. The SMILES string of the molecule is CCNC(=O)C(C#N)C1S/C(=C/Nc2cccc(NC(=O)CN3CCN(c4ccccc4OC)CC3)n2)C(=O)N1CC. The van der Waals surface area contributed by atoms with Gasteiger partial charge in [0.15, 0.2) is 5.92 Å². The highest BCUT2D eigenvalue weighted by atomic mass is 32.2. The van der Waals surface area contributed by atoms with Crippen LogP contribution >= 0.6 is 11.8 Å². The highest BCUT2D eigenvalue weighted by molar-refractivity contribution is 8.05. The van der Waals surface area contributed by atoms with Crippen molar-refractivity contribution in [2.75, 3.05) is 68.5 Å². The monoisotopic (exact) mass is 592 g/mol. The number of carbonyl (C=O) groups excluding carboxylic acids is 3. The zero-order valence-electron chi connectivity index (χ0n) is 24.0. The van der Waals surface area contributed by atoms with Gasteiger partial charge in [-0.2, -0.15) is 5.26 Å². The number of rotatable bonds is 11. The Morgan fingerprint density at radius 1 is 1.14 bits per heavy atom. The molecule has 2 aromatic rings. The van der Waals surface area contributed by atoms with Gasteiger partial charge in [0.1, 0.15) is 22.8 Å². The van der Waals surface area contributed by atoms with Gasteiger partial charge in [0.2, 0.25) is 11.8 Å². The molecule has 3 heterocycles. The first kappa shape index (κ1) is 30.7. The molecule has 1 aromatic carbocycles. The lowest BCUT2D eigenvalue weighted by Crippen LogP contribution is -2.48. The van der Waals surface area contributed by atoms with E-state index in [9.17, 15) is 19.6 Å². The van der Waals surface area contributed by atoms with E-state index in [0.717, 1.165) is 37.6 Å². The fourth-order valence-electron chi connectivity index (χ4n) is 4.85. The summed E-state index contributed by atoms with van der Waals surface area (Å²) in [5, 5.41) is 17.5. The molecule has 2 aliphatic rings. The average molecular weight is 593 g/mol. The van der Waals surface area contributed by atoms with E-state index in [2.05, 4.69) is 30.7 Å². The van der Waals surface area contributed by atoms with Gasteiger partial charge in [0.05, 0.1) is 30.3 Å². The number of likely N-dealkylation sites (N-methyl/N-ethyl adjacent to an activating group) is 1. The van der Waals surface area contributed by atoms with Gasteiger partial charge in [-0.1, -0.05) is 30.0 Å². The fourth-order valence-corrected chi connectivity index (χ4v) is 6.15. The third-order valence-electron chi connectivity index (χ3n) is 6.96. The predicted octanol–water partition coefficient (Wildman–Crippen LogP) is 2.30. The minimum Gasteiger partial charge on any atom is -0.495 e. The second-order valence-electron chi connectivity index (χ2n) is 9.65. The van der Waals surface area contributed by atoms with E-state index in [1.165, 1.54) is 22.9 Å². The summed E-state index contributed by atoms with van der Waals surface area (Å²) in [7, 11) is 1.67. The number of anilines is 3. The summed E-state index contributed by atoms with van der Waals surface area (Å²) >= 11 is 1.17. The number of hydrogen-bond donors (Lipinski definition) is 3. The van der Waals surface area contributed by atoms with Gasteiger partial charge in [0, 0.05) is 45.5 Å². The molecule has 0 bridgehead atoms. The van der Waals surface area contributed by atoms with Crippen LogP contribution in [0.4, 0.5) is 17.3 Å². The Kier molecular flexibility index (Phi) is 10.6. The third-order valence-corrected chi connectivity index (χ3v) is 8.27. The highest BCUT2D eigenvalue weighted by Gasteiger charge is 2.43. The molecule has 2 saturated heterocycles. The molecule has 0 aliphatic carbocycles. The Morgan fingerprint density at radius 2 is 1.88 bits per heavy atom. The van der Waals surface area contributed by atoms with E-state index < -0.39 is 17.2 Å². The van der Waals surface area contributed by atoms with Gasteiger partial charge in [-0.05, 0) is 38.1 Å². The molecule has 0 radical (unpaired) electrons. The molecule has 42 heavy (non-hydrogen) atoms. The molecule has 2 atom stereocenters. The fraction of sp³-hybridized carbons (Fsp3) is 0.414. The number of piperazine rings is 1. The van der Waals surface area contributed by atoms with Crippen LogP contribution in [0.5, 0.6) is 5.75 Å². The van der Waals surface area contributed by atoms with Crippen LogP contribution in [0.2, 0.25) is 0 Å². The van der Waals surface area contributed by atoms with Crippen molar-refractivity contribution in [1.29, 1.82) is 5.26 Å². The molecular formula is C29H36N8O4S. The van der Waals surface area contributed by atoms with Crippen LogP contribution in [0.3, 0.4) is 0 Å². The number of thioether (sulfide) groups is 1. The minimum atomic E-state index is -0.995. The lowest BCUT2D eigenvalue weighted by molar-refractivity contribution is -0.129. The number of nitrogens with zero attached hydrogens (tertiary/aromatic N) is 5. The Hall–Kier alpha value is -4.28. The number of pyridine rings is 1. The average Bonchev–Trinajstić information content (AvgIpc) is 3.31. The van der Waals surface area contributed by atoms with Crippen LogP contribution in [-0.4, -0.2) is 90.8 Å². The van der Waals surface area contributed by atoms with Gasteiger partial charge in [-0.3, -0.25) is 19.3 Å². The molecule has 4 rings (SSSR count). The highest BCUT2D eigenvalue weighted by Crippen LogP contribution is 2.38. The van der Waals surface area contributed by atoms with E-state index in [1.54, 1.807) is 32.2 Å². The van der Waals surface area contributed by atoms with Crippen LogP contribution in [0.15, 0.2) is 53.6 Å². The minimum absolute atomic E-state index is 0.167. The number of carbonyl (C=O) groups is 3. The number of benzene rings is 1. The van der Waals surface area contributed by atoms with E-state index in [0.29, 0.717) is 29.6 Å². The Bertz CT molecular complexity index is 1360. The molecular weight excluding hydrogens is 556 g/mol. The Balaban J connectivity index is 1.31. The second kappa shape index (κ2) is 14.6. The van der Waals surface area contributed by atoms with Gasteiger partial charge in [0.25, 0.3) is 5.91 Å². The zero-order chi connectivity index (χ0) is 30.1. The van der Waals surface area contributed by atoms with E-state index >= 15 is 0 Å². The molecule has 0 spiro atoms. The van der Waals surface area contributed by atoms with Gasteiger partial charge in [-0.25, -0.2) is 4.98 Å². The number of nitrogens with one attached hydrogen (secondary N) is 3.